The first-order valence-electron chi connectivity index (χ1n) is 15.0. The molecule has 1 heterocycles. The van der Waals surface area contributed by atoms with Crippen molar-refractivity contribution in [1.29, 1.82) is 0 Å². The summed E-state index contributed by atoms with van der Waals surface area (Å²) in [6.45, 7) is 0. The number of hydrogen-bond donors (Lipinski definition) is 0. The van der Waals surface area contributed by atoms with Gasteiger partial charge in [-0.3, -0.25) is 0 Å². The van der Waals surface area contributed by atoms with Crippen LogP contribution in [0.25, 0.3) is 55.3 Å². The van der Waals surface area contributed by atoms with Crippen molar-refractivity contribution in [2.75, 3.05) is 4.90 Å². The molecule has 0 aliphatic carbocycles. The van der Waals surface area contributed by atoms with E-state index < -0.39 is 0 Å². The molecule has 0 fully saturated rings. The molecule has 7 aromatic carbocycles. The molecule has 0 atom stereocenters. The largest absolute Gasteiger partial charge is 0.456 e. The molecule has 0 saturated heterocycles. The minimum atomic E-state index is 0.652. The van der Waals surface area contributed by atoms with Gasteiger partial charge in [-0.05, 0) is 81.9 Å². The smallest absolute Gasteiger partial charge is 0.137 e. The molecule has 0 bridgehead atoms. The van der Waals surface area contributed by atoms with Crippen LogP contribution in [-0.4, -0.2) is 0 Å². The summed E-state index contributed by atoms with van der Waals surface area (Å²) >= 11 is 6.59. The van der Waals surface area contributed by atoms with Gasteiger partial charge < -0.3 is 9.32 Å². The Morgan fingerprint density at radius 3 is 1.38 bits per heavy atom. The summed E-state index contributed by atoms with van der Waals surface area (Å²) in [6.07, 6.45) is 0. The van der Waals surface area contributed by atoms with Crippen molar-refractivity contribution in [3.63, 3.8) is 0 Å². The zero-order chi connectivity index (χ0) is 30.2. The highest BCUT2D eigenvalue weighted by Gasteiger charge is 2.17. The molecule has 45 heavy (non-hydrogen) atoms. The fourth-order valence-corrected chi connectivity index (χ4v) is 6.36. The van der Waals surface area contributed by atoms with Crippen molar-refractivity contribution in [1.82, 2.24) is 0 Å². The summed E-state index contributed by atoms with van der Waals surface area (Å²) in [5, 5.41) is 2.81. The van der Waals surface area contributed by atoms with Crippen LogP contribution in [0.15, 0.2) is 174 Å². The third-order valence-electron chi connectivity index (χ3n) is 8.35. The Labute approximate surface area is 267 Å². The number of halogens is 1. The van der Waals surface area contributed by atoms with E-state index in [4.69, 9.17) is 16.0 Å². The molecule has 2 nitrogen and oxygen atoms in total. The van der Waals surface area contributed by atoms with Gasteiger partial charge in [-0.2, -0.15) is 0 Å². The van der Waals surface area contributed by atoms with E-state index in [-0.39, 0.29) is 0 Å². The minimum Gasteiger partial charge on any atom is -0.456 e. The van der Waals surface area contributed by atoms with Gasteiger partial charge in [-0.15, -0.1) is 0 Å². The molecule has 0 spiro atoms. The second-order valence-corrected chi connectivity index (χ2v) is 11.6. The Morgan fingerprint density at radius 2 is 0.844 bits per heavy atom. The normalized spacial score (nSPS) is 11.2. The topological polar surface area (TPSA) is 16.4 Å². The van der Waals surface area contributed by atoms with Crippen molar-refractivity contribution in [2.45, 2.75) is 0 Å². The van der Waals surface area contributed by atoms with E-state index >= 15 is 0 Å². The summed E-state index contributed by atoms with van der Waals surface area (Å²) < 4.78 is 6.16. The van der Waals surface area contributed by atoms with Crippen LogP contribution in [0, 0.1) is 0 Å². The van der Waals surface area contributed by atoms with E-state index in [1.807, 2.05) is 42.5 Å². The predicted octanol–water partition coefficient (Wildman–Crippen LogP) is 12.7. The second kappa shape index (κ2) is 11.5. The lowest BCUT2D eigenvalue weighted by atomic mass is 9.99. The van der Waals surface area contributed by atoms with E-state index in [1.165, 1.54) is 22.3 Å². The van der Waals surface area contributed by atoms with Crippen LogP contribution in [0.2, 0.25) is 5.02 Å². The van der Waals surface area contributed by atoms with E-state index in [0.717, 1.165) is 50.1 Å². The van der Waals surface area contributed by atoms with Gasteiger partial charge >= 0.3 is 0 Å². The number of anilines is 3. The third kappa shape index (κ3) is 5.16. The van der Waals surface area contributed by atoms with E-state index in [2.05, 4.69) is 132 Å². The van der Waals surface area contributed by atoms with Crippen molar-refractivity contribution in [2.24, 2.45) is 0 Å². The Hall–Kier alpha value is -5.57. The maximum atomic E-state index is 6.59. The van der Waals surface area contributed by atoms with Crippen LogP contribution in [0.3, 0.4) is 0 Å². The maximum Gasteiger partial charge on any atom is 0.137 e. The van der Waals surface area contributed by atoms with Gasteiger partial charge in [-0.25, -0.2) is 0 Å². The van der Waals surface area contributed by atoms with Gasteiger partial charge in [0.15, 0.2) is 0 Å². The maximum absolute atomic E-state index is 6.59. The molecule has 0 radical (unpaired) electrons. The van der Waals surface area contributed by atoms with Gasteiger partial charge in [0.2, 0.25) is 0 Å². The van der Waals surface area contributed by atoms with Gasteiger partial charge in [0.05, 0.1) is 0 Å². The number of hydrogen-bond acceptors (Lipinski definition) is 2. The molecule has 1 aromatic heterocycles. The van der Waals surface area contributed by atoms with Crippen LogP contribution in [0.1, 0.15) is 0 Å². The van der Waals surface area contributed by atoms with Gasteiger partial charge in [-0.1, -0.05) is 127 Å². The molecule has 0 aliphatic heterocycles. The lowest BCUT2D eigenvalue weighted by molar-refractivity contribution is 0.669. The summed E-state index contributed by atoms with van der Waals surface area (Å²) in [6, 6.07) is 59.3. The van der Waals surface area contributed by atoms with Crippen LogP contribution < -0.4 is 4.90 Å². The van der Waals surface area contributed by atoms with Crippen LogP contribution >= 0.6 is 11.6 Å². The lowest BCUT2D eigenvalue weighted by Crippen LogP contribution is -2.09. The zero-order valence-corrected chi connectivity index (χ0v) is 25.2. The first kappa shape index (κ1) is 27.0. The van der Waals surface area contributed by atoms with Crippen molar-refractivity contribution < 1.29 is 4.42 Å². The first-order valence-corrected chi connectivity index (χ1v) is 15.4. The highest BCUT2D eigenvalue weighted by molar-refractivity contribution is 6.32. The van der Waals surface area contributed by atoms with E-state index in [1.54, 1.807) is 0 Å². The zero-order valence-electron chi connectivity index (χ0n) is 24.4. The molecular weight excluding hydrogens is 570 g/mol. The van der Waals surface area contributed by atoms with Crippen LogP contribution in [-0.2, 0) is 0 Å². The van der Waals surface area contributed by atoms with Crippen molar-refractivity contribution in [3.05, 3.63) is 175 Å². The molecule has 8 aromatic rings. The third-order valence-corrected chi connectivity index (χ3v) is 8.56. The van der Waals surface area contributed by atoms with E-state index in [9.17, 15) is 0 Å². The van der Waals surface area contributed by atoms with Crippen molar-refractivity contribution in [3.8, 4) is 33.4 Å². The molecule has 0 unspecified atom stereocenters. The molecule has 8 rings (SSSR count). The Balaban J connectivity index is 1.21. The predicted molar refractivity (Wildman–Crippen MR) is 190 cm³/mol. The molecule has 0 amide bonds. The first-order chi connectivity index (χ1) is 22.2. The average Bonchev–Trinajstić information content (AvgIpc) is 3.48. The molecule has 214 valence electrons. The summed E-state index contributed by atoms with van der Waals surface area (Å²) in [7, 11) is 0. The van der Waals surface area contributed by atoms with Crippen LogP contribution in [0.4, 0.5) is 17.1 Å². The summed E-state index contributed by atoms with van der Waals surface area (Å²) in [5.41, 5.74) is 11.8. The Bertz CT molecular complexity index is 2150. The standard InChI is InChI=1S/C42H28ClNO/c43-34-27-39(42-38-13-7-8-14-40(38)45-41(42)28-34)33-19-25-37(26-20-33)44(35-21-15-31(16-22-35)29-9-3-1-4-10-29)36-23-17-32(18-24-36)30-11-5-2-6-12-30/h1-28H. The monoisotopic (exact) mass is 597 g/mol. The molecule has 0 saturated carbocycles. The van der Waals surface area contributed by atoms with Crippen LogP contribution in [0.5, 0.6) is 0 Å². The van der Waals surface area contributed by atoms with E-state index in [0.29, 0.717) is 5.02 Å². The molecule has 3 heteroatoms. The van der Waals surface area contributed by atoms with Gasteiger partial charge in [0.25, 0.3) is 0 Å². The molecule has 0 N–H and O–H groups in total. The summed E-state index contributed by atoms with van der Waals surface area (Å²) in [5.74, 6) is 0. The quantitative estimate of drug-likeness (QED) is 0.189. The highest BCUT2D eigenvalue weighted by atomic mass is 35.5. The minimum absolute atomic E-state index is 0.652. The average molecular weight is 598 g/mol. The fourth-order valence-electron chi connectivity index (χ4n) is 6.15. The molecule has 0 aliphatic rings. The Morgan fingerprint density at radius 1 is 0.400 bits per heavy atom. The number of benzene rings is 7. The van der Waals surface area contributed by atoms with Gasteiger partial charge in [0, 0.05) is 38.9 Å². The second-order valence-electron chi connectivity index (χ2n) is 11.1. The number of fused-ring (bicyclic) bond motifs is 3. The fraction of sp³-hybridized carbons (Fsp3) is 0. The van der Waals surface area contributed by atoms with Crippen molar-refractivity contribution >= 4 is 50.6 Å². The lowest BCUT2D eigenvalue weighted by Gasteiger charge is -2.26. The number of furan rings is 1. The SMILES string of the molecule is Clc1cc(-c2ccc(N(c3ccc(-c4ccccc4)cc3)c3ccc(-c4ccccc4)cc3)cc2)c2c(c1)oc1ccccc12. The van der Waals surface area contributed by atoms with Gasteiger partial charge in [0.1, 0.15) is 11.2 Å². The molecular formula is C42H28ClNO. The number of para-hydroxylation sites is 1. The number of rotatable bonds is 6. The highest BCUT2D eigenvalue weighted by Crippen LogP contribution is 2.41. The summed E-state index contributed by atoms with van der Waals surface area (Å²) in [4.78, 5) is 2.30. The number of nitrogens with zero attached hydrogens (tertiary/aromatic N) is 1. The Kier molecular flexibility index (Phi) is 6.90.